The molecule has 0 spiro atoms. The van der Waals surface area contributed by atoms with E-state index in [2.05, 4.69) is 20.5 Å². The Labute approximate surface area is 146 Å². The van der Waals surface area contributed by atoms with Gasteiger partial charge in [0.15, 0.2) is 0 Å². The molecule has 0 saturated heterocycles. The molecular formula is C18H21N5O2. The maximum atomic E-state index is 11.8. The molecule has 0 radical (unpaired) electrons. The number of imidazole rings is 1. The van der Waals surface area contributed by atoms with Crippen LogP contribution in [-0.4, -0.2) is 32.1 Å². The number of nitrogens with one attached hydrogen (secondary N) is 1. The van der Waals surface area contributed by atoms with Crippen LogP contribution in [0.5, 0.6) is 5.75 Å². The lowest BCUT2D eigenvalue weighted by atomic mass is 10.1. The second-order valence-corrected chi connectivity index (χ2v) is 5.71. The summed E-state index contributed by atoms with van der Waals surface area (Å²) < 4.78 is 7.52. The molecule has 7 heteroatoms. The van der Waals surface area contributed by atoms with Crippen LogP contribution < -0.4 is 10.1 Å². The van der Waals surface area contributed by atoms with Gasteiger partial charge in [-0.15, -0.1) is 5.10 Å². The Balaban J connectivity index is 2.06. The van der Waals surface area contributed by atoms with Crippen LogP contribution in [0.15, 0.2) is 24.4 Å². The Kier molecular flexibility index (Phi) is 4.65. The number of rotatable bonds is 5. The molecule has 0 aliphatic carbocycles. The largest absolute Gasteiger partial charge is 0.492 e. The lowest BCUT2D eigenvalue weighted by Gasteiger charge is -2.12. The number of aromatic nitrogens is 4. The van der Waals surface area contributed by atoms with Gasteiger partial charge in [0.2, 0.25) is 5.91 Å². The summed E-state index contributed by atoms with van der Waals surface area (Å²) in [5.41, 5.74) is 4.13. The molecule has 7 nitrogen and oxygen atoms in total. The van der Waals surface area contributed by atoms with Crippen LogP contribution in [0, 0.1) is 13.8 Å². The molecule has 1 N–H and O–H groups in total. The highest BCUT2D eigenvalue weighted by atomic mass is 16.5. The van der Waals surface area contributed by atoms with Crippen molar-refractivity contribution >= 4 is 17.4 Å². The lowest BCUT2D eigenvalue weighted by Crippen LogP contribution is -2.11. The van der Waals surface area contributed by atoms with Gasteiger partial charge in [0.25, 0.3) is 5.78 Å². The SMILES string of the molecule is CCOc1ccc(-c2cn3c(C)c(C)nnc3n2)cc1NC(=O)CC. The number of ether oxygens (including phenoxy) is 1. The highest BCUT2D eigenvalue weighted by Crippen LogP contribution is 2.31. The van der Waals surface area contributed by atoms with E-state index >= 15 is 0 Å². The smallest absolute Gasteiger partial charge is 0.254 e. The molecule has 0 unspecified atom stereocenters. The molecule has 3 rings (SSSR count). The average molecular weight is 339 g/mol. The van der Waals surface area contributed by atoms with Gasteiger partial charge in [-0.25, -0.2) is 4.98 Å². The fourth-order valence-corrected chi connectivity index (χ4v) is 2.50. The van der Waals surface area contributed by atoms with E-state index in [0.717, 1.165) is 22.6 Å². The summed E-state index contributed by atoms with van der Waals surface area (Å²) in [6.45, 7) is 8.14. The first kappa shape index (κ1) is 16.9. The van der Waals surface area contributed by atoms with Gasteiger partial charge >= 0.3 is 0 Å². The van der Waals surface area contributed by atoms with E-state index in [1.165, 1.54) is 0 Å². The van der Waals surface area contributed by atoms with E-state index in [-0.39, 0.29) is 5.91 Å². The Morgan fingerprint density at radius 1 is 1.24 bits per heavy atom. The third kappa shape index (κ3) is 3.31. The Morgan fingerprint density at radius 2 is 2.04 bits per heavy atom. The van der Waals surface area contributed by atoms with E-state index in [1.54, 1.807) is 0 Å². The maximum Gasteiger partial charge on any atom is 0.254 e. The van der Waals surface area contributed by atoms with E-state index in [9.17, 15) is 4.79 Å². The first-order chi connectivity index (χ1) is 12.0. The molecule has 130 valence electrons. The van der Waals surface area contributed by atoms with Gasteiger partial charge in [0, 0.05) is 23.9 Å². The number of hydrogen-bond acceptors (Lipinski definition) is 5. The molecule has 0 atom stereocenters. The van der Waals surface area contributed by atoms with Crippen molar-refractivity contribution < 1.29 is 9.53 Å². The number of aryl methyl sites for hydroxylation is 2. The quantitative estimate of drug-likeness (QED) is 0.772. The first-order valence-corrected chi connectivity index (χ1v) is 8.29. The standard InChI is InChI=1S/C18H21N5O2/c1-5-17(24)19-14-9-13(7-8-16(14)25-6-2)15-10-23-12(4)11(3)21-22-18(23)20-15/h7-10H,5-6H2,1-4H3,(H,19,24). The zero-order valence-corrected chi connectivity index (χ0v) is 14.8. The van der Waals surface area contributed by atoms with Crippen molar-refractivity contribution in [2.45, 2.75) is 34.1 Å². The fourth-order valence-electron chi connectivity index (χ4n) is 2.50. The zero-order valence-electron chi connectivity index (χ0n) is 14.8. The van der Waals surface area contributed by atoms with Crippen molar-refractivity contribution in [2.24, 2.45) is 0 Å². The molecule has 0 fully saturated rings. The van der Waals surface area contributed by atoms with Crippen LogP contribution >= 0.6 is 0 Å². The summed E-state index contributed by atoms with van der Waals surface area (Å²) in [4.78, 5) is 16.3. The number of hydrogen-bond donors (Lipinski definition) is 1. The summed E-state index contributed by atoms with van der Waals surface area (Å²) in [6, 6.07) is 5.64. The minimum absolute atomic E-state index is 0.0644. The summed E-state index contributed by atoms with van der Waals surface area (Å²) in [6.07, 6.45) is 2.33. The number of anilines is 1. The fraction of sp³-hybridized carbons (Fsp3) is 0.333. The molecule has 1 amide bonds. The highest BCUT2D eigenvalue weighted by molar-refractivity contribution is 5.93. The average Bonchev–Trinajstić information content (AvgIpc) is 3.05. The minimum atomic E-state index is -0.0644. The Hall–Kier alpha value is -2.96. The predicted molar refractivity (Wildman–Crippen MR) is 95.8 cm³/mol. The number of nitrogens with zero attached hydrogens (tertiary/aromatic N) is 4. The molecule has 3 aromatic rings. The predicted octanol–water partition coefficient (Wildman–Crippen LogP) is 3.16. The van der Waals surface area contributed by atoms with E-state index in [1.807, 2.05) is 56.5 Å². The topological polar surface area (TPSA) is 81.4 Å². The second-order valence-electron chi connectivity index (χ2n) is 5.71. The van der Waals surface area contributed by atoms with Crippen molar-refractivity contribution in [3.8, 4) is 17.0 Å². The monoisotopic (exact) mass is 339 g/mol. The van der Waals surface area contributed by atoms with Gasteiger partial charge in [-0.2, -0.15) is 5.10 Å². The number of fused-ring (bicyclic) bond motifs is 1. The van der Waals surface area contributed by atoms with Gasteiger partial charge < -0.3 is 10.1 Å². The van der Waals surface area contributed by atoms with E-state index < -0.39 is 0 Å². The molecule has 0 aliphatic rings. The van der Waals surface area contributed by atoms with Gasteiger partial charge in [-0.1, -0.05) is 6.92 Å². The molecule has 25 heavy (non-hydrogen) atoms. The van der Waals surface area contributed by atoms with Crippen molar-refractivity contribution in [3.63, 3.8) is 0 Å². The van der Waals surface area contributed by atoms with Crippen molar-refractivity contribution in [1.82, 2.24) is 19.6 Å². The number of amides is 1. The second kappa shape index (κ2) is 6.88. The first-order valence-electron chi connectivity index (χ1n) is 8.29. The molecule has 0 aliphatic heterocycles. The van der Waals surface area contributed by atoms with Crippen molar-refractivity contribution in [2.75, 3.05) is 11.9 Å². The van der Waals surface area contributed by atoms with Crippen LogP contribution in [0.2, 0.25) is 0 Å². The molecular weight excluding hydrogens is 318 g/mol. The summed E-state index contributed by atoms with van der Waals surface area (Å²) in [7, 11) is 0. The van der Waals surface area contributed by atoms with Crippen molar-refractivity contribution in [3.05, 3.63) is 35.8 Å². The van der Waals surface area contributed by atoms with Gasteiger partial charge in [-0.05, 0) is 39.0 Å². The van der Waals surface area contributed by atoms with Crippen LogP contribution in [-0.2, 0) is 4.79 Å². The van der Waals surface area contributed by atoms with Gasteiger partial charge in [0.1, 0.15) is 5.75 Å². The van der Waals surface area contributed by atoms with Gasteiger partial charge in [-0.3, -0.25) is 9.20 Å². The normalized spacial score (nSPS) is 10.9. The molecule has 0 bridgehead atoms. The maximum absolute atomic E-state index is 11.8. The zero-order chi connectivity index (χ0) is 18.0. The van der Waals surface area contributed by atoms with Crippen molar-refractivity contribution in [1.29, 1.82) is 0 Å². The Bertz CT molecular complexity index is 933. The minimum Gasteiger partial charge on any atom is -0.492 e. The number of carbonyl (C=O) groups excluding carboxylic acids is 1. The van der Waals surface area contributed by atoms with Crippen LogP contribution in [0.3, 0.4) is 0 Å². The molecule has 2 aromatic heterocycles. The molecule has 1 aromatic carbocycles. The lowest BCUT2D eigenvalue weighted by molar-refractivity contribution is -0.115. The number of carbonyl (C=O) groups is 1. The third-order valence-electron chi connectivity index (χ3n) is 4.03. The molecule has 2 heterocycles. The third-order valence-corrected chi connectivity index (χ3v) is 4.03. The van der Waals surface area contributed by atoms with E-state index in [0.29, 0.717) is 30.2 Å². The number of benzene rings is 1. The van der Waals surface area contributed by atoms with Crippen LogP contribution in [0.4, 0.5) is 5.69 Å². The highest BCUT2D eigenvalue weighted by Gasteiger charge is 2.13. The summed E-state index contributed by atoms with van der Waals surface area (Å²) in [5, 5.41) is 11.1. The van der Waals surface area contributed by atoms with E-state index in [4.69, 9.17) is 4.74 Å². The van der Waals surface area contributed by atoms with Crippen LogP contribution in [0.25, 0.3) is 17.0 Å². The van der Waals surface area contributed by atoms with Gasteiger partial charge in [0.05, 0.1) is 23.7 Å². The molecule has 0 saturated carbocycles. The summed E-state index contributed by atoms with van der Waals surface area (Å²) >= 11 is 0. The van der Waals surface area contributed by atoms with Crippen LogP contribution in [0.1, 0.15) is 31.7 Å². The summed E-state index contributed by atoms with van der Waals surface area (Å²) in [5.74, 6) is 1.13. The Morgan fingerprint density at radius 3 is 2.76 bits per heavy atom.